The lowest BCUT2D eigenvalue weighted by molar-refractivity contribution is 0.0948. The summed E-state index contributed by atoms with van der Waals surface area (Å²) in [6.45, 7) is 0.343. The molecule has 0 spiro atoms. The van der Waals surface area contributed by atoms with Crippen molar-refractivity contribution >= 4 is 22.8 Å². The summed E-state index contributed by atoms with van der Waals surface area (Å²) in [6, 6.07) is 14.6. The van der Waals surface area contributed by atoms with Gasteiger partial charge in [0.1, 0.15) is 23.6 Å². The lowest BCUT2D eigenvalue weighted by Crippen LogP contribution is -2.22. The number of para-hydroxylation sites is 1. The first-order chi connectivity index (χ1) is 15.6. The van der Waals surface area contributed by atoms with Crippen LogP contribution in [0.3, 0.4) is 0 Å². The van der Waals surface area contributed by atoms with E-state index in [9.17, 15) is 9.90 Å². The van der Waals surface area contributed by atoms with Crippen molar-refractivity contribution in [3.8, 4) is 17.0 Å². The van der Waals surface area contributed by atoms with Crippen molar-refractivity contribution in [3.63, 3.8) is 0 Å². The summed E-state index contributed by atoms with van der Waals surface area (Å²) >= 11 is 0. The van der Waals surface area contributed by atoms with Gasteiger partial charge in [-0.3, -0.25) is 4.79 Å². The molecule has 0 unspecified atom stereocenters. The second-order valence-electron chi connectivity index (χ2n) is 8.09. The maximum absolute atomic E-state index is 12.3. The zero-order valence-corrected chi connectivity index (χ0v) is 17.5. The number of anilines is 1. The van der Waals surface area contributed by atoms with Crippen molar-refractivity contribution in [2.75, 3.05) is 5.73 Å². The lowest BCUT2D eigenvalue weighted by Gasteiger charge is -2.10. The molecular weight excluding hydrogens is 404 g/mol. The number of phenolic OH excluding ortho intramolecular Hbond substituents is 1. The van der Waals surface area contributed by atoms with E-state index in [1.54, 1.807) is 18.2 Å². The van der Waals surface area contributed by atoms with Crippen LogP contribution in [0.1, 0.15) is 47.6 Å². The normalized spacial score (nSPS) is 14.1. The van der Waals surface area contributed by atoms with E-state index in [0.717, 1.165) is 40.7 Å². The summed E-state index contributed by atoms with van der Waals surface area (Å²) in [5.41, 5.74) is 9.87. The van der Waals surface area contributed by atoms with Crippen LogP contribution in [0, 0.1) is 0 Å². The largest absolute Gasteiger partial charge is 0.507 e. The number of aromatic nitrogens is 4. The standard InChI is InChI=1S/C24H24N6O2/c25-22-20-21(29-30(17-5-1-2-6-17)23(20)28-14-27-22)16-11-9-15(10-12-16)13-26-24(32)18-7-3-4-8-19(18)31/h3-4,7-12,14,17,31H,1-2,5-6,13H2,(H,26,32)(H2,25,27,28). The van der Waals surface area contributed by atoms with Gasteiger partial charge < -0.3 is 16.2 Å². The van der Waals surface area contributed by atoms with Crippen molar-refractivity contribution in [1.29, 1.82) is 0 Å². The van der Waals surface area contributed by atoms with E-state index in [0.29, 0.717) is 18.4 Å². The number of phenols is 1. The maximum atomic E-state index is 12.3. The minimum Gasteiger partial charge on any atom is -0.507 e. The molecule has 1 aliphatic carbocycles. The Kier molecular flexibility index (Phi) is 5.18. The summed E-state index contributed by atoms with van der Waals surface area (Å²) in [5, 5.41) is 18.3. The Morgan fingerprint density at radius 3 is 2.59 bits per heavy atom. The number of carbonyl (C=O) groups is 1. The van der Waals surface area contributed by atoms with Crippen molar-refractivity contribution in [2.45, 2.75) is 38.3 Å². The van der Waals surface area contributed by atoms with Crippen molar-refractivity contribution in [3.05, 3.63) is 66.0 Å². The smallest absolute Gasteiger partial charge is 0.255 e. The third-order valence-corrected chi connectivity index (χ3v) is 6.02. The number of nitrogen functional groups attached to an aromatic ring is 1. The molecule has 32 heavy (non-hydrogen) atoms. The fourth-order valence-corrected chi connectivity index (χ4v) is 4.32. The molecule has 2 aromatic heterocycles. The van der Waals surface area contributed by atoms with E-state index in [1.165, 1.54) is 25.2 Å². The number of nitrogens with zero attached hydrogens (tertiary/aromatic N) is 4. The van der Waals surface area contributed by atoms with Crippen LogP contribution in [0.5, 0.6) is 5.75 Å². The minimum atomic E-state index is -0.321. The highest BCUT2D eigenvalue weighted by molar-refractivity contribution is 5.98. The van der Waals surface area contributed by atoms with E-state index < -0.39 is 0 Å². The molecule has 2 heterocycles. The molecule has 8 nitrogen and oxygen atoms in total. The number of hydrogen-bond acceptors (Lipinski definition) is 6. The van der Waals surface area contributed by atoms with Crippen LogP contribution in [0.2, 0.25) is 0 Å². The second-order valence-corrected chi connectivity index (χ2v) is 8.09. The van der Waals surface area contributed by atoms with E-state index in [-0.39, 0.29) is 17.2 Å². The summed E-state index contributed by atoms with van der Waals surface area (Å²) in [6.07, 6.45) is 6.07. The van der Waals surface area contributed by atoms with Gasteiger partial charge in [-0.15, -0.1) is 0 Å². The molecule has 0 radical (unpaired) electrons. The van der Waals surface area contributed by atoms with Crippen LogP contribution in [-0.4, -0.2) is 30.8 Å². The van der Waals surface area contributed by atoms with Gasteiger partial charge in [0.05, 0.1) is 17.0 Å². The highest BCUT2D eigenvalue weighted by Gasteiger charge is 2.24. The van der Waals surface area contributed by atoms with Gasteiger partial charge >= 0.3 is 0 Å². The molecule has 1 amide bonds. The molecule has 5 rings (SSSR count). The second kappa shape index (κ2) is 8.30. The van der Waals surface area contributed by atoms with E-state index in [2.05, 4.69) is 15.3 Å². The predicted molar refractivity (Wildman–Crippen MR) is 122 cm³/mol. The molecule has 0 aliphatic heterocycles. The molecule has 1 saturated carbocycles. The first-order valence-corrected chi connectivity index (χ1v) is 10.8. The predicted octanol–water partition coefficient (Wildman–Crippen LogP) is 3.83. The Balaban J connectivity index is 1.39. The molecule has 0 bridgehead atoms. The number of hydrogen-bond donors (Lipinski definition) is 3. The molecule has 162 valence electrons. The Morgan fingerprint density at radius 1 is 1.09 bits per heavy atom. The molecule has 2 aromatic carbocycles. The molecule has 1 aliphatic rings. The molecule has 0 atom stereocenters. The Bertz CT molecular complexity index is 1280. The number of nitrogens with one attached hydrogen (secondary N) is 1. The highest BCUT2D eigenvalue weighted by Crippen LogP contribution is 2.36. The zero-order chi connectivity index (χ0) is 22.1. The molecular formula is C24H24N6O2. The van der Waals surface area contributed by atoms with Crippen LogP contribution in [0.4, 0.5) is 5.82 Å². The van der Waals surface area contributed by atoms with Gasteiger partial charge in [0.25, 0.3) is 5.91 Å². The number of rotatable bonds is 5. The van der Waals surface area contributed by atoms with Gasteiger partial charge in [-0.05, 0) is 30.5 Å². The fourth-order valence-electron chi connectivity index (χ4n) is 4.32. The van der Waals surface area contributed by atoms with Crippen LogP contribution >= 0.6 is 0 Å². The van der Waals surface area contributed by atoms with Gasteiger partial charge in [0.15, 0.2) is 5.65 Å². The number of benzene rings is 2. The lowest BCUT2D eigenvalue weighted by atomic mass is 10.1. The van der Waals surface area contributed by atoms with Gasteiger partial charge in [0, 0.05) is 12.1 Å². The quantitative estimate of drug-likeness (QED) is 0.445. The number of nitrogens with two attached hydrogens (primary N) is 1. The Labute approximate surface area is 185 Å². The Morgan fingerprint density at radius 2 is 1.84 bits per heavy atom. The van der Waals surface area contributed by atoms with E-state index in [4.69, 9.17) is 10.8 Å². The number of carbonyl (C=O) groups excluding carboxylic acids is 1. The van der Waals surface area contributed by atoms with E-state index >= 15 is 0 Å². The molecule has 0 saturated heterocycles. The average molecular weight is 428 g/mol. The number of amides is 1. The topological polar surface area (TPSA) is 119 Å². The summed E-state index contributed by atoms with van der Waals surface area (Å²) in [5.74, 6) is 0.0662. The Hall–Kier alpha value is -3.94. The van der Waals surface area contributed by atoms with Crippen LogP contribution in [0.25, 0.3) is 22.3 Å². The van der Waals surface area contributed by atoms with Crippen molar-refractivity contribution < 1.29 is 9.90 Å². The number of aromatic hydroxyl groups is 1. The first kappa shape index (κ1) is 20.0. The third-order valence-electron chi connectivity index (χ3n) is 6.02. The summed E-state index contributed by atoms with van der Waals surface area (Å²) in [7, 11) is 0. The molecule has 8 heteroatoms. The average Bonchev–Trinajstić information content (AvgIpc) is 3.47. The molecule has 4 aromatic rings. The third kappa shape index (κ3) is 3.64. The monoisotopic (exact) mass is 428 g/mol. The van der Waals surface area contributed by atoms with Crippen LogP contribution < -0.4 is 11.1 Å². The van der Waals surface area contributed by atoms with Crippen LogP contribution in [-0.2, 0) is 6.54 Å². The maximum Gasteiger partial charge on any atom is 0.255 e. The molecule has 4 N–H and O–H groups in total. The summed E-state index contributed by atoms with van der Waals surface area (Å²) < 4.78 is 2.01. The van der Waals surface area contributed by atoms with Crippen molar-refractivity contribution in [2.24, 2.45) is 0 Å². The SMILES string of the molecule is Nc1ncnc2c1c(-c1ccc(CNC(=O)c3ccccc3O)cc1)nn2C1CCCC1. The highest BCUT2D eigenvalue weighted by atomic mass is 16.3. The van der Waals surface area contributed by atoms with Crippen molar-refractivity contribution in [1.82, 2.24) is 25.1 Å². The van der Waals surface area contributed by atoms with Gasteiger partial charge in [-0.25, -0.2) is 14.6 Å². The first-order valence-electron chi connectivity index (χ1n) is 10.8. The molecule has 1 fully saturated rings. The van der Waals surface area contributed by atoms with Crippen LogP contribution in [0.15, 0.2) is 54.9 Å². The van der Waals surface area contributed by atoms with Gasteiger partial charge in [-0.1, -0.05) is 49.2 Å². The zero-order valence-electron chi connectivity index (χ0n) is 17.5. The van der Waals surface area contributed by atoms with E-state index in [1.807, 2.05) is 28.9 Å². The number of fused-ring (bicyclic) bond motifs is 1. The minimum absolute atomic E-state index is 0.0371. The fraction of sp³-hybridized carbons (Fsp3) is 0.250. The van der Waals surface area contributed by atoms with Gasteiger partial charge in [-0.2, -0.15) is 5.10 Å². The van der Waals surface area contributed by atoms with Gasteiger partial charge in [0.2, 0.25) is 0 Å². The summed E-state index contributed by atoms with van der Waals surface area (Å²) in [4.78, 5) is 21.0.